The fourth-order valence-electron chi connectivity index (χ4n) is 5.10. The summed E-state index contributed by atoms with van der Waals surface area (Å²) in [6, 6.07) is 18.3. The van der Waals surface area contributed by atoms with Gasteiger partial charge in [-0.25, -0.2) is 8.42 Å². The van der Waals surface area contributed by atoms with Gasteiger partial charge in [-0.15, -0.1) is 0 Å². The van der Waals surface area contributed by atoms with Crippen molar-refractivity contribution in [3.8, 4) is 0 Å². The molecule has 1 saturated carbocycles. The van der Waals surface area contributed by atoms with Gasteiger partial charge in [-0.2, -0.15) is 4.31 Å². The van der Waals surface area contributed by atoms with E-state index < -0.39 is 10.0 Å². The fraction of sp³-hybridized carbons (Fsp3) is 0.407. The van der Waals surface area contributed by atoms with Crippen LogP contribution in [-0.4, -0.2) is 30.3 Å². The van der Waals surface area contributed by atoms with Crippen molar-refractivity contribution in [3.05, 3.63) is 83.2 Å². The van der Waals surface area contributed by atoms with Crippen LogP contribution < -0.4 is 5.73 Å². The zero-order valence-corrected chi connectivity index (χ0v) is 21.1. The molecular weight excluding hydrogens is 462 g/mol. The summed E-state index contributed by atoms with van der Waals surface area (Å²) >= 11 is 0. The third kappa shape index (κ3) is 6.00. The Morgan fingerprint density at radius 1 is 1.06 bits per heavy atom. The third-order valence-electron chi connectivity index (χ3n) is 6.96. The largest absolute Gasteiger partial charge is 0.369 e. The molecule has 1 aliphatic carbocycles. The van der Waals surface area contributed by atoms with Crippen LogP contribution in [0.4, 0.5) is 0 Å². The lowest BCUT2D eigenvalue weighted by atomic mass is 9.73. The first-order chi connectivity index (χ1) is 16.7. The van der Waals surface area contributed by atoms with E-state index in [2.05, 4.69) is 5.16 Å². The summed E-state index contributed by atoms with van der Waals surface area (Å²) in [7, 11) is -3.70. The first-order valence-electron chi connectivity index (χ1n) is 12.1. The molecule has 2 aromatic carbocycles. The van der Waals surface area contributed by atoms with Crippen LogP contribution in [0.1, 0.15) is 54.2 Å². The van der Waals surface area contributed by atoms with Crippen LogP contribution in [0.5, 0.6) is 0 Å². The van der Waals surface area contributed by atoms with Crippen LogP contribution in [0.2, 0.25) is 0 Å². The summed E-state index contributed by atoms with van der Waals surface area (Å²) in [5.41, 5.74) is 8.51. The second-order valence-corrected chi connectivity index (χ2v) is 11.5. The number of aromatic nitrogens is 1. The van der Waals surface area contributed by atoms with Gasteiger partial charge in [-0.05, 0) is 69.1 Å². The quantitative estimate of drug-likeness (QED) is 0.468. The lowest BCUT2D eigenvalue weighted by molar-refractivity contribution is -0.121. The van der Waals surface area contributed by atoms with Gasteiger partial charge in [0.25, 0.3) is 0 Å². The van der Waals surface area contributed by atoms with Gasteiger partial charge in [0.1, 0.15) is 5.76 Å². The maximum Gasteiger partial charge on any atom is 0.243 e. The zero-order chi connectivity index (χ0) is 25.0. The molecule has 0 spiro atoms. The van der Waals surface area contributed by atoms with Crippen molar-refractivity contribution in [1.82, 2.24) is 9.46 Å². The highest BCUT2D eigenvalue weighted by molar-refractivity contribution is 7.89. The second-order valence-electron chi connectivity index (χ2n) is 9.61. The van der Waals surface area contributed by atoms with Crippen LogP contribution in [0, 0.1) is 25.7 Å². The molecule has 0 saturated heterocycles. The molecule has 8 heteroatoms. The highest BCUT2D eigenvalue weighted by atomic mass is 32.2. The third-order valence-corrected chi connectivity index (χ3v) is 8.79. The molecule has 0 radical (unpaired) electrons. The highest BCUT2D eigenvalue weighted by Crippen LogP contribution is 2.39. The van der Waals surface area contributed by atoms with E-state index in [1.165, 1.54) is 4.31 Å². The molecule has 1 heterocycles. The Morgan fingerprint density at radius 3 is 2.29 bits per heavy atom. The van der Waals surface area contributed by atoms with E-state index in [4.69, 9.17) is 10.3 Å². The molecule has 186 valence electrons. The van der Waals surface area contributed by atoms with Gasteiger partial charge >= 0.3 is 0 Å². The average Bonchev–Trinajstić information content (AvgIpc) is 3.26. The number of hydrogen-bond acceptors (Lipinski definition) is 5. The Bertz CT molecular complexity index is 1230. The molecule has 1 fully saturated rings. The molecule has 7 nitrogen and oxygen atoms in total. The normalized spacial score (nSPS) is 19.5. The summed E-state index contributed by atoms with van der Waals surface area (Å²) in [6.45, 7) is 4.35. The lowest BCUT2D eigenvalue weighted by Gasteiger charge is -2.35. The Labute approximate surface area is 207 Å². The van der Waals surface area contributed by atoms with E-state index in [-0.39, 0.29) is 35.1 Å². The van der Waals surface area contributed by atoms with Crippen molar-refractivity contribution < 1.29 is 17.7 Å². The maximum absolute atomic E-state index is 13.5. The van der Waals surface area contributed by atoms with Gasteiger partial charge in [0.15, 0.2) is 0 Å². The minimum absolute atomic E-state index is 0.155. The molecule has 1 amide bonds. The molecule has 2 N–H and O–H groups in total. The van der Waals surface area contributed by atoms with Crippen LogP contribution >= 0.6 is 0 Å². The number of nitrogens with two attached hydrogens (primary N) is 1. The maximum atomic E-state index is 13.5. The van der Waals surface area contributed by atoms with Crippen molar-refractivity contribution >= 4 is 15.9 Å². The number of rotatable bonds is 9. The minimum atomic E-state index is -3.70. The van der Waals surface area contributed by atoms with E-state index in [0.717, 1.165) is 36.8 Å². The molecule has 1 aromatic heterocycles. The first kappa shape index (κ1) is 25.1. The predicted octanol–water partition coefficient (Wildman–Crippen LogP) is 4.56. The average molecular weight is 496 g/mol. The number of benzene rings is 2. The molecule has 0 aliphatic heterocycles. The number of carbonyl (C=O) groups is 1. The minimum Gasteiger partial charge on any atom is -0.369 e. The molecule has 4 rings (SSSR count). The van der Waals surface area contributed by atoms with E-state index in [1.54, 1.807) is 43.3 Å². The van der Waals surface area contributed by atoms with Gasteiger partial charge in [0, 0.05) is 12.6 Å². The van der Waals surface area contributed by atoms with Gasteiger partial charge < -0.3 is 10.3 Å². The molecule has 1 aliphatic rings. The van der Waals surface area contributed by atoms with Gasteiger partial charge in [0.05, 0.1) is 23.1 Å². The molecule has 3 aromatic rings. The van der Waals surface area contributed by atoms with E-state index in [1.807, 2.05) is 31.2 Å². The number of primary amides is 1. The smallest absolute Gasteiger partial charge is 0.243 e. The first-order valence-corrected chi connectivity index (χ1v) is 13.5. The van der Waals surface area contributed by atoms with Gasteiger partial charge in [-0.1, -0.05) is 53.2 Å². The Hall–Kier alpha value is -2.97. The molecular formula is C27H33N3O4S. The van der Waals surface area contributed by atoms with Gasteiger partial charge in [0.2, 0.25) is 15.9 Å². The number of sulfonamides is 1. The Morgan fingerprint density at radius 2 is 1.71 bits per heavy atom. The van der Waals surface area contributed by atoms with Crippen molar-refractivity contribution in [2.75, 3.05) is 6.54 Å². The fourth-order valence-corrected chi connectivity index (χ4v) is 6.61. The monoisotopic (exact) mass is 495 g/mol. The second kappa shape index (κ2) is 10.7. The van der Waals surface area contributed by atoms with Crippen LogP contribution in [-0.2, 0) is 21.4 Å². The lowest BCUT2D eigenvalue weighted by Crippen LogP contribution is -2.37. The molecule has 35 heavy (non-hydrogen) atoms. The Balaban J connectivity index is 1.48. The van der Waals surface area contributed by atoms with Crippen molar-refractivity contribution in [2.24, 2.45) is 17.6 Å². The summed E-state index contributed by atoms with van der Waals surface area (Å²) in [5, 5.41) is 4.02. The number of nitrogens with zero attached hydrogens (tertiary/aromatic N) is 2. The van der Waals surface area contributed by atoms with E-state index >= 15 is 0 Å². The number of amides is 1. The number of carbonyl (C=O) groups excluding carboxylic acids is 1. The van der Waals surface area contributed by atoms with E-state index in [0.29, 0.717) is 18.0 Å². The standard InChI is InChI=1S/C27H33N3O4S/c1-19-8-12-22(13-9-19)26(27(28)31)23-14-10-21(11-15-23)17-30(18-24-16-20(2)34-29-24)35(32,33)25-6-4-3-5-7-25/h3-9,12-13,16,21,23,26H,10-11,14-15,17-18H2,1-2H3,(H2,28,31). The van der Waals surface area contributed by atoms with Crippen molar-refractivity contribution in [3.63, 3.8) is 0 Å². The summed E-state index contributed by atoms with van der Waals surface area (Å²) in [6.07, 6.45) is 3.32. The Kier molecular flexibility index (Phi) is 7.72. The SMILES string of the molecule is Cc1ccc(C(C(N)=O)C2CCC(CN(Cc3cc(C)on3)S(=O)(=O)c3ccccc3)CC2)cc1. The van der Waals surface area contributed by atoms with Crippen LogP contribution in [0.3, 0.4) is 0 Å². The van der Waals surface area contributed by atoms with Crippen molar-refractivity contribution in [1.29, 1.82) is 0 Å². The molecule has 1 atom stereocenters. The van der Waals surface area contributed by atoms with Crippen LogP contribution in [0.15, 0.2) is 70.1 Å². The highest BCUT2D eigenvalue weighted by Gasteiger charge is 2.34. The summed E-state index contributed by atoms with van der Waals surface area (Å²) in [4.78, 5) is 12.6. The summed E-state index contributed by atoms with van der Waals surface area (Å²) in [5.74, 6) is 0.366. The molecule has 0 bridgehead atoms. The number of aryl methyl sites for hydroxylation is 2. The summed E-state index contributed by atoms with van der Waals surface area (Å²) < 4.78 is 33.7. The number of hydrogen-bond donors (Lipinski definition) is 1. The predicted molar refractivity (Wildman–Crippen MR) is 134 cm³/mol. The topological polar surface area (TPSA) is 106 Å². The van der Waals surface area contributed by atoms with Gasteiger partial charge in [-0.3, -0.25) is 4.79 Å². The zero-order valence-electron chi connectivity index (χ0n) is 20.3. The van der Waals surface area contributed by atoms with E-state index in [9.17, 15) is 13.2 Å². The van der Waals surface area contributed by atoms with Crippen molar-refractivity contribution in [2.45, 2.75) is 56.9 Å². The van der Waals surface area contributed by atoms with Crippen LogP contribution in [0.25, 0.3) is 0 Å². The molecule has 1 unspecified atom stereocenters.